The number of guanidine groups is 1. The van der Waals surface area contributed by atoms with Gasteiger partial charge in [-0.25, -0.2) is 0 Å². The normalized spacial score (nSPS) is 17.2. The summed E-state index contributed by atoms with van der Waals surface area (Å²) in [7, 11) is 0. The molecule has 1 aliphatic heterocycles. The lowest BCUT2D eigenvalue weighted by atomic mass is 10.4. The third kappa shape index (κ3) is 3.63. The quantitative estimate of drug-likeness (QED) is 0.634. The number of aryl methyl sites for hydroxylation is 1. The summed E-state index contributed by atoms with van der Waals surface area (Å²) in [4.78, 5) is 10.7. The Morgan fingerprint density at radius 2 is 2.28 bits per heavy atom. The van der Waals surface area contributed by atoms with Gasteiger partial charge in [0.1, 0.15) is 0 Å². The van der Waals surface area contributed by atoms with Crippen LogP contribution in [0.1, 0.15) is 18.6 Å². The van der Waals surface area contributed by atoms with Gasteiger partial charge in [-0.15, -0.1) is 0 Å². The lowest BCUT2D eigenvalue weighted by Crippen LogP contribution is -2.42. The molecule has 2 rings (SSSR count). The van der Waals surface area contributed by atoms with Crippen molar-refractivity contribution in [2.24, 2.45) is 10.7 Å². The number of hydrogen-bond acceptors (Lipinski definition) is 5. The molecular weight excluding hydrogens is 250 g/mol. The van der Waals surface area contributed by atoms with Crippen LogP contribution >= 0.6 is 11.8 Å². The number of nitrogens with two attached hydrogens (primary N) is 1. The van der Waals surface area contributed by atoms with Crippen molar-refractivity contribution < 1.29 is 4.52 Å². The van der Waals surface area contributed by atoms with Gasteiger partial charge >= 0.3 is 0 Å². The van der Waals surface area contributed by atoms with Gasteiger partial charge in [-0.05, 0) is 0 Å². The second kappa shape index (κ2) is 6.63. The maximum absolute atomic E-state index is 5.95. The number of aliphatic imine (C=N–C) groups is 1. The summed E-state index contributed by atoms with van der Waals surface area (Å²) in [5.74, 6) is 4.27. The lowest BCUT2D eigenvalue weighted by Gasteiger charge is -2.27. The first-order valence-corrected chi connectivity index (χ1v) is 7.39. The van der Waals surface area contributed by atoms with Gasteiger partial charge in [-0.1, -0.05) is 12.1 Å². The Morgan fingerprint density at radius 3 is 2.94 bits per heavy atom. The highest BCUT2D eigenvalue weighted by Crippen LogP contribution is 2.08. The molecule has 7 heteroatoms. The van der Waals surface area contributed by atoms with Gasteiger partial charge in [-0.2, -0.15) is 16.7 Å². The van der Waals surface area contributed by atoms with Gasteiger partial charge < -0.3 is 15.2 Å². The third-order valence-electron chi connectivity index (χ3n) is 2.76. The Bertz CT molecular complexity index is 400. The molecule has 1 aromatic heterocycles. The predicted molar refractivity (Wildman–Crippen MR) is 72.8 cm³/mol. The maximum atomic E-state index is 5.95. The Kier molecular flexibility index (Phi) is 4.86. The zero-order valence-corrected chi connectivity index (χ0v) is 11.4. The Morgan fingerprint density at radius 1 is 1.50 bits per heavy atom. The average Bonchev–Trinajstić information content (AvgIpc) is 2.87. The standard InChI is InChI=1S/C11H19N5OS/c1-2-10-14-9(15-17-10)3-4-13-11(12)16-5-7-18-8-6-16/h2-8H2,1H3,(H2,12,13). The predicted octanol–water partition coefficient (Wildman–Crippen LogP) is 0.538. The summed E-state index contributed by atoms with van der Waals surface area (Å²) in [6.45, 7) is 4.57. The highest BCUT2D eigenvalue weighted by molar-refractivity contribution is 7.99. The van der Waals surface area contributed by atoms with Gasteiger partial charge in [0.2, 0.25) is 5.89 Å². The molecule has 1 saturated heterocycles. The molecule has 0 aliphatic carbocycles. The number of thioether (sulfide) groups is 1. The average molecular weight is 269 g/mol. The van der Waals surface area contributed by atoms with Crippen molar-refractivity contribution in [2.75, 3.05) is 31.1 Å². The van der Waals surface area contributed by atoms with E-state index in [0.29, 0.717) is 30.6 Å². The van der Waals surface area contributed by atoms with E-state index < -0.39 is 0 Å². The molecule has 18 heavy (non-hydrogen) atoms. The van der Waals surface area contributed by atoms with E-state index in [1.807, 2.05) is 18.7 Å². The summed E-state index contributed by atoms with van der Waals surface area (Å²) in [6.07, 6.45) is 1.44. The van der Waals surface area contributed by atoms with E-state index in [2.05, 4.69) is 20.0 Å². The molecule has 0 unspecified atom stereocenters. The second-order valence-electron chi connectivity index (χ2n) is 4.05. The van der Waals surface area contributed by atoms with E-state index in [4.69, 9.17) is 10.3 Å². The molecular formula is C11H19N5OS. The molecule has 0 atom stereocenters. The third-order valence-corrected chi connectivity index (χ3v) is 3.70. The van der Waals surface area contributed by atoms with Crippen molar-refractivity contribution in [3.05, 3.63) is 11.7 Å². The summed E-state index contributed by atoms with van der Waals surface area (Å²) in [5.41, 5.74) is 5.95. The van der Waals surface area contributed by atoms with Gasteiger partial charge in [0.15, 0.2) is 11.8 Å². The number of nitrogens with zero attached hydrogens (tertiary/aromatic N) is 4. The van der Waals surface area contributed by atoms with Crippen molar-refractivity contribution in [1.82, 2.24) is 15.0 Å². The van der Waals surface area contributed by atoms with E-state index in [9.17, 15) is 0 Å². The fraction of sp³-hybridized carbons (Fsp3) is 0.727. The first-order chi connectivity index (χ1) is 8.79. The fourth-order valence-electron chi connectivity index (χ4n) is 1.70. The van der Waals surface area contributed by atoms with E-state index in [0.717, 1.165) is 31.0 Å². The molecule has 2 heterocycles. The number of hydrogen-bond donors (Lipinski definition) is 1. The van der Waals surface area contributed by atoms with Crippen LogP contribution in [0, 0.1) is 0 Å². The summed E-state index contributed by atoms with van der Waals surface area (Å²) >= 11 is 1.96. The first kappa shape index (κ1) is 13.2. The van der Waals surface area contributed by atoms with Crippen molar-refractivity contribution in [3.8, 4) is 0 Å². The van der Waals surface area contributed by atoms with E-state index in [1.165, 1.54) is 0 Å². The molecule has 6 nitrogen and oxygen atoms in total. The monoisotopic (exact) mass is 269 g/mol. The topological polar surface area (TPSA) is 80.5 Å². The van der Waals surface area contributed by atoms with Crippen molar-refractivity contribution in [1.29, 1.82) is 0 Å². The molecule has 1 aromatic rings. The summed E-state index contributed by atoms with van der Waals surface area (Å²) < 4.78 is 5.03. The highest BCUT2D eigenvalue weighted by Gasteiger charge is 2.12. The van der Waals surface area contributed by atoms with E-state index in [1.54, 1.807) is 0 Å². The van der Waals surface area contributed by atoms with Crippen molar-refractivity contribution in [2.45, 2.75) is 19.8 Å². The van der Waals surface area contributed by atoms with Crippen LogP contribution in [-0.2, 0) is 12.8 Å². The molecule has 2 N–H and O–H groups in total. The molecule has 1 fully saturated rings. The van der Waals surface area contributed by atoms with Crippen LogP contribution < -0.4 is 5.73 Å². The largest absolute Gasteiger partial charge is 0.370 e. The van der Waals surface area contributed by atoms with Crippen LogP contribution in [0.5, 0.6) is 0 Å². The van der Waals surface area contributed by atoms with Crippen molar-refractivity contribution >= 4 is 17.7 Å². The molecule has 0 bridgehead atoms. The molecule has 100 valence electrons. The van der Waals surface area contributed by atoms with Gasteiger partial charge in [-0.3, -0.25) is 4.99 Å². The zero-order chi connectivity index (χ0) is 12.8. The van der Waals surface area contributed by atoms with Crippen LogP contribution in [-0.4, -0.2) is 52.1 Å². The SMILES string of the molecule is CCc1nc(CCN=C(N)N2CCSCC2)no1. The second-order valence-corrected chi connectivity index (χ2v) is 5.27. The first-order valence-electron chi connectivity index (χ1n) is 6.23. The van der Waals surface area contributed by atoms with Crippen LogP contribution in [0.25, 0.3) is 0 Å². The van der Waals surface area contributed by atoms with Crippen LogP contribution in [0.4, 0.5) is 0 Å². The fourth-order valence-corrected chi connectivity index (χ4v) is 2.60. The minimum Gasteiger partial charge on any atom is -0.370 e. The Balaban J connectivity index is 1.79. The molecule has 0 aromatic carbocycles. The highest BCUT2D eigenvalue weighted by atomic mass is 32.2. The van der Waals surface area contributed by atoms with E-state index >= 15 is 0 Å². The van der Waals surface area contributed by atoms with Crippen molar-refractivity contribution in [3.63, 3.8) is 0 Å². The van der Waals surface area contributed by atoms with Gasteiger partial charge in [0.05, 0.1) is 0 Å². The van der Waals surface area contributed by atoms with Gasteiger partial charge in [0, 0.05) is 44.0 Å². The molecule has 1 aliphatic rings. The Hall–Kier alpha value is -1.24. The number of aromatic nitrogens is 2. The maximum Gasteiger partial charge on any atom is 0.226 e. The minimum atomic E-state index is 0.609. The molecule has 0 spiro atoms. The zero-order valence-electron chi connectivity index (χ0n) is 10.6. The van der Waals surface area contributed by atoms with Crippen LogP contribution in [0.2, 0.25) is 0 Å². The Labute approximate surface area is 111 Å². The smallest absolute Gasteiger partial charge is 0.226 e. The summed E-state index contributed by atoms with van der Waals surface area (Å²) in [6, 6.07) is 0. The molecule has 0 radical (unpaired) electrons. The lowest BCUT2D eigenvalue weighted by molar-refractivity contribution is 0.376. The van der Waals surface area contributed by atoms with Crippen LogP contribution in [0.3, 0.4) is 0 Å². The molecule has 0 amide bonds. The molecule has 0 saturated carbocycles. The summed E-state index contributed by atoms with van der Waals surface area (Å²) in [5, 5.41) is 3.88. The number of rotatable bonds is 4. The van der Waals surface area contributed by atoms with Crippen LogP contribution in [0.15, 0.2) is 9.52 Å². The van der Waals surface area contributed by atoms with E-state index in [-0.39, 0.29) is 0 Å². The minimum absolute atomic E-state index is 0.609. The van der Waals surface area contributed by atoms with Gasteiger partial charge in [0.25, 0.3) is 0 Å².